The van der Waals surface area contributed by atoms with E-state index in [0.29, 0.717) is 29.4 Å². The van der Waals surface area contributed by atoms with Crippen LogP contribution in [0.4, 0.5) is 5.69 Å². The fourth-order valence-corrected chi connectivity index (χ4v) is 1.96. The molecule has 0 heterocycles. The number of nitrogen functional groups attached to an aromatic ring is 1. The monoisotopic (exact) mass is 285 g/mol. The van der Waals surface area contributed by atoms with Gasteiger partial charge in [0.1, 0.15) is 17.1 Å². The highest BCUT2D eigenvalue weighted by Crippen LogP contribution is 2.30. The number of aryl methyl sites for hydroxylation is 1. The number of nitrogens with two attached hydrogens (primary N) is 1. The topological polar surface area (TPSA) is 61.5 Å². The van der Waals surface area contributed by atoms with Gasteiger partial charge in [-0.1, -0.05) is 12.1 Å². The second-order valence-electron chi connectivity index (χ2n) is 4.78. The zero-order chi connectivity index (χ0) is 15.4. The van der Waals surface area contributed by atoms with Crippen LogP contribution in [0.2, 0.25) is 0 Å². The van der Waals surface area contributed by atoms with Crippen LogP contribution in [0.15, 0.2) is 36.4 Å². The normalized spacial score (nSPS) is 10.2. The average Bonchev–Trinajstić information content (AvgIpc) is 2.46. The van der Waals surface area contributed by atoms with Gasteiger partial charge in [0.15, 0.2) is 0 Å². The summed E-state index contributed by atoms with van der Waals surface area (Å²) in [6, 6.07) is 10.7. The molecule has 2 rings (SSSR count). The van der Waals surface area contributed by atoms with E-state index >= 15 is 0 Å². The minimum atomic E-state index is -0.440. The Labute approximate surface area is 124 Å². The van der Waals surface area contributed by atoms with Gasteiger partial charge in [-0.3, -0.25) is 0 Å². The van der Waals surface area contributed by atoms with Crippen molar-refractivity contribution in [2.24, 2.45) is 0 Å². The van der Waals surface area contributed by atoms with E-state index in [9.17, 15) is 4.79 Å². The number of benzene rings is 2. The summed E-state index contributed by atoms with van der Waals surface area (Å²) < 4.78 is 10.9. The molecule has 0 amide bonds. The molecule has 0 aliphatic rings. The molecule has 0 fully saturated rings. The molecule has 2 aromatic rings. The van der Waals surface area contributed by atoms with Crippen LogP contribution >= 0.6 is 0 Å². The minimum absolute atomic E-state index is 0.302. The first-order valence-corrected chi connectivity index (χ1v) is 6.83. The van der Waals surface area contributed by atoms with Crippen LogP contribution in [0, 0.1) is 13.8 Å². The largest absolute Gasteiger partial charge is 0.462 e. The van der Waals surface area contributed by atoms with Crippen LogP contribution in [-0.4, -0.2) is 12.6 Å². The zero-order valence-electron chi connectivity index (χ0n) is 12.5. The Balaban J connectivity index is 2.40. The summed E-state index contributed by atoms with van der Waals surface area (Å²) in [7, 11) is 0. The van der Waals surface area contributed by atoms with E-state index in [2.05, 4.69) is 0 Å². The summed E-state index contributed by atoms with van der Waals surface area (Å²) in [6.07, 6.45) is 0. The average molecular weight is 285 g/mol. The molecule has 0 saturated heterocycles. The van der Waals surface area contributed by atoms with Gasteiger partial charge in [-0.2, -0.15) is 0 Å². The van der Waals surface area contributed by atoms with E-state index < -0.39 is 5.97 Å². The highest BCUT2D eigenvalue weighted by molar-refractivity contribution is 5.93. The Hall–Kier alpha value is -2.49. The molecular weight excluding hydrogens is 266 g/mol. The molecule has 0 unspecified atom stereocenters. The summed E-state index contributed by atoms with van der Waals surface area (Å²) >= 11 is 0. The van der Waals surface area contributed by atoms with Gasteiger partial charge < -0.3 is 15.2 Å². The number of anilines is 1. The number of esters is 1. The molecule has 0 atom stereocenters. The lowest BCUT2D eigenvalue weighted by Crippen LogP contribution is -2.07. The Bertz CT molecular complexity index is 665. The highest BCUT2D eigenvalue weighted by Gasteiger charge is 2.16. The molecule has 0 aliphatic carbocycles. The molecule has 0 spiro atoms. The molecule has 0 radical (unpaired) electrons. The second-order valence-corrected chi connectivity index (χ2v) is 4.78. The maximum Gasteiger partial charge on any atom is 0.342 e. The van der Waals surface area contributed by atoms with Gasteiger partial charge in [0.25, 0.3) is 0 Å². The van der Waals surface area contributed by atoms with Crippen molar-refractivity contribution in [1.82, 2.24) is 0 Å². The van der Waals surface area contributed by atoms with Gasteiger partial charge in [-0.05, 0) is 56.2 Å². The van der Waals surface area contributed by atoms with E-state index in [1.54, 1.807) is 25.1 Å². The summed E-state index contributed by atoms with van der Waals surface area (Å²) in [4.78, 5) is 12.0. The van der Waals surface area contributed by atoms with Crippen LogP contribution in [0.5, 0.6) is 11.5 Å². The third kappa shape index (κ3) is 3.34. The smallest absolute Gasteiger partial charge is 0.342 e. The van der Waals surface area contributed by atoms with Gasteiger partial charge in [-0.15, -0.1) is 0 Å². The van der Waals surface area contributed by atoms with Crippen molar-refractivity contribution in [1.29, 1.82) is 0 Å². The molecule has 0 aromatic heterocycles. The van der Waals surface area contributed by atoms with Crippen molar-refractivity contribution in [3.63, 3.8) is 0 Å². The van der Waals surface area contributed by atoms with Crippen molar-refractivity contribution in [2.75, 3.05) is 12.3 Å². The number of carbonyl (C=O) groups excluding carboxylic acids is 1. The third-order valence-electron chi connectivity index (χ3n) is 3.27. The highest BCUT2D eigenvalue weighted by atomic mass is 16.5. The van der Waals surface area contributed by atoms with E-state index in [1.807, 2.05) is 32.0 Å². The fraction of sp³-hybridized carbons (Fsp3) is 0.235. The number of hydrogen-bond donors (Lipinski definition) is 1. The first kappa shape index (κ1) is 14.9. The standard InChI is InChI=1S/C17H19NO3/c1-4-20-17(19)14-10-13(18)8-9-16(14)21-15-7-5-6-11(2)12(15)3/h5-10H,4,18H2,1-3H3. The van der Waals surface area contributed by atoms with Crippen molar-refractivity contribution in [3.8, 4) is 11.5 Å². The fourth-order valence-electron chi connectivity index (χ4n) is 1.96. The second kappa shape index (κ2) is 6.31. The van der Waals surface area contributed by atoms with Gasteiger partial charge in [-0.25, -0.2) is 4.79 Å². The summed E-state index contributed by atoms with van der Waals surface area (Å²) in [5.41, 5.74) is 8.73. The molecule has 2 aromatic carbocycles. The van der Waals surface area contributed by atoms with Crippen molar-refractivity contribution in [2.45, 2.75) is 20.8 Å². The van der Waals surface area contributed by atoms with E-state index in [4.69, 9.17) is 15.2 Å². The Morgan fingerprint density at radius 2 is 1.90 bits per heavy atom. The van der Waals surface area contributed by atoms with Gasteiger partial charge >= 0.3 is 5.97 Å². The van der Waals surface area contributed by atoms with Crippen LogP contribution < -0.4 is 10.5 Å². The van der Waals surface area contributed by atoms with Gasteiger partial charge in [0, 0.05) is 5.69 Å². The van der Waals surface area contributed by atoms with Crippen LogP contribution in [0.1, 0.15) is 28.4 Å². The Morgan fingerprint density at radius 1 is 1.14 bits per heavy atom. The maximum atomic E-state index is 12.0. The Morgan fingerprint density at radius 3 is 2.62 bits per heavy atom. The lowest BCUT2D eigenvalue weighted by atomic mass is 10.1. The van der Waals surface area contributed by atoms with E-state index in [0.717, 1.165) is 11.1 Å². The van der Waals surface area contributed by atoms with Gasteiger partial charge in [0.2, 0.25) is 0 Å². The molecular formula is C17H19NO3. The quantitative estimate of drug-likeness (QED) is 0.684. The minimum Gasteiger partial charge on any atom is -0.462 e. The van der Waals surface area contributed by atoms with Crippen molar-refractivity contribution in [3.05, 3.63) is 53.1 Å². The number of hydrogen-bond acceptors (Lipinski definition) is 4. The molecule has 110 valence electrons. The number of carbonyl (C=O) groups is 1. The molecule has 4 nitrogen and oxygen atoms in total. The first-order valence-electron chi connectivity index (χ1n) is 6.83. The summed E-state index contributed by atoms with van der Waals surface area (Å²) in [6.45, 7) is 6.05. The van der Waals surface area contributed by atoms with E-state index in [1.165, 1.54) is 0 Å². The zero-order valence-corrected chi connectivity index (χ0v) is 12.5. The van der Waals surface area contributed by atoms with Crippen LogP contribution in [0.25, 0.3) is 0 Å². The number of rotatable bonds is 4. The molecule has 0 aliphatic heterocycles. The SMILES string of the molecule is CCOC(=O)c1cc(N)ccc1Oc1cccc(C)c1C. The van der Waals surface area contributed by atoms with Crippen molar-refractivity contribution < 1.29 is 14.3 Å². The first-order chi connectivity index (χ1) is 10.0. The maximum absolute atomic E-state index is 12.0. The predicted molar refractivity (Wildman–Crippen MR) is 82.8 cm³/mol. The van der Waals surface area contributed by atoms with Gasteiger partial charge in [0.05, 0.1) is 6.61 Å². The van der Waals surface area contributed by atoms with E-state index in [-0.39, 0.29) is 0 Å². The molecule has 0 saturated carbocycles. The molecule has 0 bridgehead atoms. The third-order valence-corrected chi connectivity index (χ3v) is 3.27. The Kier molecular flexibility index (Phi) is 4.48. The van der Waals surface area contributed by atoms with Crippen LogP contribution in [-0.2, 0) is 4.74 Å². The predicted octanol–water partition coefficient (Wildman–Crippen LogP) is 3.85. The molecule has 4 heteroatoms. The van der Waals surface area contributed by atoms with Crippen LogP contribution in [0.3, 0.4) is 0 Å². The summed E-state index contributed by atoms with van der Waals surface area (Å²) in [5.74, 6) is 0.715. The number of ether oxygens (including phenoxy) is 2. The lowest BCUT2D eigenvalue weighted by Gasteiger charge is -2.14. The summed E-state index contributed by atoms with van der Waals surface area (Å²) in [5, 5.41) is 0. The molecule has 21 heavy (non-hydrogen) atoms. The molecule has 2 N–H and O–H groups in total. The van der Waals surface area contributed by atoms with Crippen molar-refractivity contribution >= 4 is 11.7 Å². The lowest BCUT2D eigenvalue weighted by molar-refractivity contribution is 0.0523.